The number of anilines is 1. The Morgan fingerprint density at radius 2 is 2.06 bits per heavy atom. The highest BCUT2D eigenvalue weighted by atomic mass is 16.2. The monoisotopic (exact) mass is 217 g/mol. The van der Waals surface area contributed by atoms with Gasteiger partial charge in [0.25, 0.3) is 5.91 Å². The largest absolute Gasteiger partial charge is 0.380 e. The van der Waals surface area contributed by atoms with Crippen LogP contribution in [0, 0.1) is 0 Å². The number of hydrogen-bond acceptors (Lipinski definition) is 4. The maximum absolute atomic E-state index is 11.6. The molecule has 0 atom stereocenters. The summed E-state index contributed by atoms with van der Waals surface area (Å²) in [6, 6.07) is 9.58. The van der Waals surface area contributed by atoms with E-state index in [1.165, 1.54) is 0 Å². The number of carbonyl (C=O) groups excluding carboxylic acids is 1. The Morgan fingerprint density at radius 3 is 2.69 bits per heavy atom. The summed E-state index contributed by atoms with van der Waals surface area (Å²) in [6.45, 7) is 0.436. The number of nitrogens with two attached hydrogens (primary N) is 1. The highest BCUT2D eigenvalue weighted by molar-refractivity contribution is 5.96. The van der Waals surface area contributed by atoms with Crippen LogP contribution in [0.5, 0.6) is 0 Å². The molecule has 1 heterocycles. The van der Waals surface area contributed by atoms with Crippen LogP contribution < -0.4 is 11.1 Å². The number of H-pyrrole nitrogens is 1. The molecule has 0 saturated heterocycles. The second-order valence-corrected chi connectivity index (χ2v) is 3.23. The summed E-state index contributed by atoms with van der Waals surface area (Å²) >= 11 is 0. The molecular weight excluding hydrogens is 206 g/mol. The van der Waals surface area contributed by atoms with Crippen molar-refractivity contribution in [2.24, 2.45) is 0 Å². The van der Waals surface area contributed by atoms with Gasteiger partial charge in [-0.25, -0.2) is 0 Å². The number of nitrogens with zero attached hydrogens (tertiary/aromatic N) is 2. The lowest BCUT2D eigenvalue weighted by molar-refractivity contribution is 0.0947. The summed E-state index contributed by atoms with van der Waals surface area (Å²) in [5, 5.41) is 12.2. The molecule has 1 amide bonds. The van der Waals surface area contributed by atoms with Gasteiger partial charge in [-0.2, -0.15) is 5.21 Å². The number of nitrogen functional groups attached to an aromatic ring is 1. The van der Waals surface area contributed by atoms with E-state index in [2.05, 4.69) is 20.7 Å². The normalized spacial score (nSPS) is 10.0. The fourth-order valence-corrected chi connectivity index (χ4v) is 1.27. The van der Waals surface area contributed by atoms with Gasteiger partial charge in [0.05, 0.1) is 0 Å². The number of aromatic nitrogens is 3. The third-order valence-corrected chi connectivity index (χ3v) is 2.09. The average Bonchev–Trinajstić information content (AvgIpc) is 2.74. The number of rotatable bonds is 3. The van der Waals surface area contributed by atoms with Crippen LogP contribution in [0.4, 0.5) is 5.82 Å². The van der Waals surface area contributed by atoms with E-state index in [1.54, 1.807) is 0 Å². The highest BCUT2D eigenvalue weighted by Gasteiger charge is 2.12. The zero-order valence-corrected chi connectivity index (χ0v) is 8.47. The van der Waals surface area contributed by atoms with E-state index in [1.807, 2.05) is 30.3 Å². The van der Waals surface area contributed by atoms with Gasteiger partial charge in [0.1, 0.15) is 0 Å². The maximum atomic E-state index is 11.6. The Bertz CT molecular complexity index is 479. The first-order valence-electron chi connectivity index (χ1n) is 4.76. The van der Waals surface area contributed by atoms with Crippen molar-refractivity contribution in [3.63, 3.8) is 0 Å². The number of hydrogen-bond donors (Lipinski definition) is 3. The molecule has 6 heteroatoms. The molecular formula is C10H11N5O. The fraction of sp³-hybridized carbons (Fsp3) is 0.100. The lowest BCUT2D eigenvalue weighted by Gasteiger charge is -2.02. The van der Waals surface area contributed by atoms with Crippen LogP contribution in [0.2, 0.25) is 0 Å². The Morgan fingerprint density at radius 1 is 1.31 bits per heavy atom. The molecule has 16 heavy (non-hydrogen) atoms. The third-order valence-electron chi connectivity index (χ3n) is 2.09. The minimum atomic E-state index is -0.338. The number of benzene rings is 1. The molecule has 0 saturated carbocycles. The SMILES string of the molecule is Nc1n[nH]nc1C(=O)NCc1ccccc1. The van der Waals surface area contributed by atoms with E-state index >= 15 is 0 Å². The molecule has 0 unspecified atom stereocenters. The third kappa shape index (κ3) is 2.17. The molecule has 0 fully saturated rings. The van der Waals surface area contributed by atoms with Crippen molar-refractivity contribution in [1.82, 2.24) is 20.7 Å². The summed E-state index contributed by atoms with van der Waals surface area (Å²) in [7, 11) is 0. The first-order chi connectivity index (χ1) is 7.77. The van der Waals surface area contributed by atoms with Crippen LogP contribution in [0.1, 0.15) is 16.1 Å². The molecule has 4 N–H and O–H groups in total. The van der Waals surface area contributed by atoms with E-state index in [4.69, 9.17) is 5.73 Å². The molecule has 0 spiro atoms. The molecule has 2 aromatic rings. The van der Waals surface area contributed by atoms with Crippen molar-refractivity contribution >= 4 is 11.7 Å². The van der Waals surface area contributed by atoms with Crippen LogP contribution in [-0.4, -0.2) is 21.3 Å². The van der Waals surface area contributed by atoms with Gasteiger partial charge in [-0.15, -0.1) is 10.2 Å². The molecule has 1 aromatic carbocycles. The zero-order chi connectivity index (χ0) is 11.4. The van der Waals surface area contributed by atoms with Crippen molar-refractivity contribution in [1.29, 1.82) is 0 Å². The summed E-state index contributed by atoms with van der Waals surface area (Å²) in [6.07, 6.45) is 0. The molecule has 2 rings (SSSR count). The van der Waals surface area contributed by atoms with Gasteiger partial charge in [-0.05, 0) is 5.56 Å². The number of nitrogens with one attached hydrogen (secondary N) is 2. The Kier molecular flexibility index (Phi) is 2.81. The van der Waals surface area contributed by atoms with Gasteiger partial charge < -0.3 is 11.1 Å². The van der Waals surface area contributed by atoms with E-state index in [0.29, 0.717) is 6.54 Å². The molecule has 0 radical (unpaired) electrons. The van der Waals surface area contributed by atoms with E-state index < -0.39 is 0 Å². The second-order valence-electron chi connectivity index (χ2n) is 3.23. The zero-order valence-electron chi connectivity index (χ0n) is 8.47. The van der Waals surface area contributed by atoms with Crippen LogP contribution in [-0.2, 0) is 6.54 Å². The van der Waals surface area contributed by atoms with E-state index in [9.17, 15) is 4.79 Å². The lowest BCUT2D eigenvalue weighted by Crippen LogP contribution is -2.24. The molecule has 0 bridgehead atoms. The maximum Gasteiger partial charge on any atom is 0.275 e. The first kappa shape index (κ1) is 10.2. The van der Waals surface area contributed by atoms with Gasteiger partial charge in [0.15, 0.2) is 11.5 Å². The minimum Gasteiger partial charge on any atom is -0.380 e. The fourth-order valence-electron chi connectivity index (χ4n) is 1.27. The molecule has 0 aliphatic carbocycles. The average molecular weight is 217 g/mol. The van der Waals surface area contributed by atoms with Gasteiger partial charge in [-0.3, -0.25) is 4.79 Å². The van der Waals surface area contributed by atoms with Gasteiger partial charge >= 0.3 is 0 Å². The van der Waals surface area contributed by atoms with Gasteiger partial charge in [0, 0.05) is 6.54 Å². The quantitative estimate of drug-likeness (QED) is 0.689. The van der Waals surface area contributed by atoms with Gasteiger partial charge in [-0.1, -0.05) is 30.3 Å². The Labute approximate surface area is 91.9 Å². The smallest absolute Gasteiger partial charge is 0.275 e. The predicted molar refractivity (Wildman–Crippen MR) is 58.4 cm³/mol. The van der Waals surface area contributed by atoms with Crippen molar-refractivity contribution in [2.75, 3.05) is 5.73 Å². The van der Waals surface area contributed by atoms with Crippen LogP contribution in [0.3, 0.4) is 0 Å². The number of carbonyl (C=O) groups is 1. The Balaban J connectivity index is 1.97. The molecule has 82 valence electrons. The van der Waals surface area contributed by atoms with Crippen molar-refractivity contribution in [3.8, 4) is 0 Å². The topological polar surface area (TPSA) is 96.7 Å². The predicted octanol–water partition coefficient (Wildman–Crippen LogP) is 0.317. The number of amides is 1. The highest BCUT2D eigenvalue weighted by Crippen LogP contribution is 2.03. The van der Waals surface area contributed by atoms with Crippen LogP contribution >= 0.6 is 0 Å². The number of aromatic amines is 1. The molecule has 0 aliphatic heterocycles. The van der Waals surface area contributed by atoms with Gasteiger partial charge in [0.2, 0.25) is 0 Å². The Hall–Kier alpha value is -2.37. The molecule has 0 aliphatic rings. The molecule has 6 nitrogen and oxygen atoms in total. The van der Waals surface area contributed by atoms with Crippen molar-refractivity contribution in [3.05, 3.63) is 41.6 Å². The summed E-state index contributed by atoms with van der Waals surface area (Å²) in [5.74, 6) is -0.235. The summed E-state index contributed by atoms with van der Waals surface area (Å²) in [4.78, 5) is 11.6. The second kappa shape index (κ2) is 4.43. The van der Waals surface area contributed by atoms with Crippen molar-refractivity contribution in [2.45, 2.75) is 6.54 Å². The van der Waals surface area contributed by atoms with Crippen LogP contribution in [0.15, 0.2) is 30.3 Å². The summed E-state index contributed by atoms with van der Waals surface area (Å²) < 4.78 is 0. The first-order valence-corrected chi connectivity index (χ1v) is 4.76. The minimum absolute atomic E-state index is 0.102. The lowest BCUT2D eigenvalue weighted by atomic mass is 10.2. The molecule has 1 aromatic heterocycles. The van der Waals surface area contributed by atoms with E-state index in [0.717, 1.165) is 5.56 Å². The summed E-state index contributed by atoms with van der Waals surface area (Å²) in [5.41, 5.74) is 6.58. The van der Waals surface area contributed by atoms with Crippen LogP contribution in [0.25, 0.3) is 0 Å². The van der Waals surface area contributed by atoms with Crippen molar-refractivity contribution < 1.29 is 4.79 Å². The standard InChI is InChI=1S/C10H11N5O/c11-9-8(13-15-14-9)10(16)12-6-7-4-2-1-3-5-7/h1-5H,6H2,(H,12,16)(H3,11,13,14,15). The van der Waals surface area contributed by atoms with E-state index in [-0.39, 0.29) is 17.4 Å².